The Morgan fingerprint density at radius 1 is 0.649 bits per heavy atom. The number of methoxy groups -OCH3 is 2. The van der Waals surface area contributed by atoms with Gasteiger partial charge in [0.1, 0.15) is 17.1 Å². The van der Waals surface area contributed by atoms with E-state index in [-0.39, 0.29) is 5.78 Å². The molecule has 3 nitrogen and oxygen atoms in total. The third kappa shape index (κ3) is 12.5. The molecule has 0 N–H and O–H groups in total. The summed E-state index contributed by atoms with van der Waals surface area (Å²) in [5, 5.41) is 0. The van der Waals surface area contributed by atoms with E-state index in [4.69, 9.17) is 9.47 Å². The van der Waals surface area contributed by atoms with E-state index in [9.17, 15) is 4.79 Å². The molecule has 0 saturated heterocycles. The van der Waals surface area contributed by atoms with E-state index < -0.39 is 0 Å². The third-order valence-corrected chi connectivity index (χ3v) is 7.15. The van der Waals surface area contributed by atoms with E-state index >= 15 is 0 Å². The van der Waals surface area contributed by atoms with Crippen LogP contribution in [0.5, 0.6) is 11.5 Å². The fourth-order valence-electron chi connectivity index (χ4n) is 4.85. The Bertz CT molecular complexity index is 876. The maximum absolute atomic E-state index is 12.8. The Morgan fingerprint density at radius 2 is 1.11 bits per heavy atom. The lowest BCUT2D eigenvalue weighted by molar-refractivity contribution is 0.104. The van der Waals surface area contributed by atoms with Crippen LogP contribution in [0.15, 0.2) is 48.5 Å². The molecule has 2 rings (SSSR count). The Morgan fingerprint density at radius 3 is 1.57 bits per heavy atom. The molecule has 0 spiro atoms. The van der Waals surface area contributed by atoms with Crippen molar-refractivity contribution in [2.75, 3.05) is 14.2 Å². The van der Waals surface area contributed by atoms with E-state index in [1.165, 1.54) is 102 Å². The minimum atomic E-state index is -0.129. The maximum Gasteiger partial charge on any atom is 0.193 e. The molecule has 0 amide bonds. The molecule has 0 radical (unpaired) electrons. The molecule has 0 heterocycles. The molecule has 0 aliphatic carbocycles. The summed E-state index contributed by atoms with van der Waals surface area (Å²) in [5.41, 5.74) is 2.83. The van der Waals surface area contributed by atoms with Crippen LogP contribution in [0.2, 0.25) is 0 Å². The summed E-state index contributed by atoms with van der Waals surface area (Å²) in [4.78, 5) is 12.8. The number of unbranched alkanes of at least 4 members (excludes halogenated alkanes) is 14. The van der Waals surface area contributed by atoms with Crippen LogP contribution < -0.4 is 9.47 Å². The Kier molecular flexibility index (Phi) is 16.2. The van der Waals surface area contributed by atoms with Crippen LogP contribution >= 0.6 is 0 Å². The fraction of sp³-hybridized carbons (Fsp3) is 0.559. The van der Waals surface area contributed by atoms with Gasteiger partial charge in [0.05, 0.1) is 14.2 Å². The van der Waals surface area contributed by atoms with Gasteiger partial charge in [-0.25, -0.2) is 0 Å². The molecule has 0 aliphatic heterocycles. The lowest BCUT2D eigenvalue weighted by atomic mass is 10.0. The fourth-order valence-corrected chi connectivity index (χ4v) is 4.85. The zero-order valence-corrected chi connectivity index (χ0v) is 23.7. The molecular formula is C34H50O3. The average Bonchev–Trinajstić information content (AvgIpc) is 2.93. The molecule has 0 saturated carbocycles. The SMILES string of the molecule is CCCCCCCCCCCCCCCCCc1ccc(C=CC(=O)c2c(OC)cccc2OC)cc1. The predicted octanol–water partition coefficient (Wildman–Crippen LogP) is 10.0. The van der Waals surface area contributed by atoms with Gasteiger partial charge in [0.25, 0.3) is 0 Å². The number of ether oxygens (including phenoxy) is 2. The zero-order chi connectivity index (χ0) is 26.6. The second-order valence-electron chi connectivity index (χ2n) is 10.2. The first-order valence-electron chi connectivity index (χ1n) is 14.7. The standard InChI is InChI=1S/C34H50O3/c1-4-5-6-7-8-9-10-11-12-13-14-15-16-17-18-20-29-23-25-30(26-24-29)27-28-31(35)34-32(36-2)21-19-22-33(34)37-3/h19,21-28H,4-18,20H2,1-3H3. The van der Waals surface area contributed by atoms with Crippen LogP contribution in [0.25, 0.3) is 6.08 Å². The van der Waals surface area contributed by atoms with Crippen molar-refractivity contribution in [1.29, 1.82) is 0 Å². The van der Waals surface area contributed by atoms with Crippen molar-refractivity contribution in [2.24, 2.45) is 0 Å². The number of allylic oxidation sites excluding steroid dienone is 1. The summed E-state index contributed by atoms with van der Waals surface area (Å²) in [5.74, 6) is 0.914. The first kappa shape index (κ1) is 30.7. The van der Waals surface area contributed by atoms with Crippen LogP contribution in [0.1, 0.15) is 125 Å². The number of ketones is 1. The van der Waals surface area contributed by atoms with Gasteiger partial charge in [-0.05, 0) is 42.2 Å². The summed E-state index contributed by atoms with van der Waals surface area (Å²) in [6.45, 7) is 2.29. The molecule has 2 aromatic rings. The van der Waals surface area contributed by atoms with Gasteiger partial charge in [0, 0.05) is 0 Å². The van der Waals surface area contributed by atoms with Gasteiger partial charge in [0.2, 0.25) is 0 Å². The van der Waals surface area contributed by atoms with Crippen molar-refractivity contribution in [3.05, 3.63) is 65.2 Å². The number of hydrogen-bond donors (Lipinski definition) is 0. The van der Waals surface area contributed by atoms with Crippen LogP contribution in [0.3, 0.4) is 0 Å². The second kappa shape index (κ2) is 19.5. The number of hydrogen-bond acceptors (Lipinski definition) is 3. The van der Waals surface area contributed by atoms with Crippen molar-refractivity contribution in [3.8, 4) is 11.5 Å². The summed E-state index contributed by atoms with van der Waals surface area (Å²) in [6, 6.07) is 13.9. The number of benzene rings is 2. The van der Waals surface area contributed by atoms with Gasteiger partial charge in [-0.1, -0.05) is 133 Å². The largest absolute Gasteiger partial charge is 0.496 e. The number of carbonyl (C=O) groups is 1. The predicted molar refractivity (Wildman–Crippen MR) is 158 cm³/mol. The van der Waals surface area contributed by atoms with Crippen molar-refractivity contribution in [2.45, 2.75) is 110 Å². The molecule has 0 fully saturated rings. The molecule has 3 heteroatoms. The van der Waals surface area contributed by atoms with Crippen LogP contribution in [-0.2, 0) is 6.42 Å². The minimum absolute atomic E-state index is 0.129. The molecule has 37 heavy (non-hydrogen) atoms. The molecule has 2 aromatic carbocycles. The highest BCUT2D eigenvalue weighted by molar-refractivity contribution is 6.10. The molecular weight excluding hydrogens is 456 g/mol. The zero-order valence-electron chi connectivity index (χ0n) is 23.7. The van der Waals surface area contributed by atoms with Gasteiger partial charge in [-0.3, -0.25) is 4.79 Å². The molecule has 204 valence electrons. The lowest BCUT2D eigenvalue weighted by Crippen LogP contribution is -2.02. The van der Waals surface area contributed by atoms with Crippen molar-refractivity contribution >= 4 is 11.9 Å². The first-order valence-corrected chi connectivity index (χ1v) is 14.7. The van der Waals surface area contributed by atoms with E-state index in [2.05, 4.69) is 31.2 Å². The lowest BCUT2D eigenvalue weighted by Gasteiger charge is -2.10. The highest BCUT2D eigenvalue weighted by Gasteiger charge is 2.15. The maximum atomic E-state index is 12.8. The summed E-state index contributed by atoms with van der Waals surface area (Å²) in [7, 11) is 3.12. The molecule has 0 unspecified atom stereocenters. The van der Waals surface area contributed by atoms with E-state index in [0.29, 0.717) is 17.1 Å². The van der Waals surface area contributed by atoms with Crippen LogP contribution in [0, 0.1) is 0 Å². The van der Waals surface area contributed by atoms with E-state index in [0.717, 1.165) is 12.0 Å². The minimum Gasteiger partial charge on any atom is -0.496 e. The highest BCUT2D eigenvalue weighted by atomic mass is 16.5. The average molecular weight is 507 g/mol. The molecule has 0 bridgehead atoms. The topological polar surface area (TPSA) is 35.5 Å². The number of aryl methyl sites for hydroxylation is 1. The Hall–Kier alpha value is -2.55. The Labute approximate surface area is 226 Å². The van der Waals surface area contributed by atoms with Crippen LogP contribution in [0.4, 0.5) is 0 Å². The monoisotopic (exact) mass is 506 g/mol. The first-order chi connectivity index (χ1) is 18.2. The van der Waals surface area contributed by atoms with E-state index in [1.807, 2.05) is 12.1 Å². The smallest absolute Gasteiger partial charge is 0.193 e. The normalized spacial score (nSPS) is 11.2. The summed E-state index contributed by atoms with van der Waals surface area (Å²) >= 11 is 0. The second-order valence-corrected chi connectivity index (χ2v) is 10.2. The van der Waals surface area contributed by atoms with Gasteiger partial charge in [-0.2, -0.15) is 0 Å². The van der Waals surface area contributed by atoms with Crippen molar-refractivity contribution in [3.63, 3.8) is 0 Å². The molecule has 0 aliphatic rings. The van der Waals surface area contributed by atoms with Crippen LogP contribution in [-0.4, -0.2) is 20.0 Å². The summed E-state index contributed by atoms with van der Waals surface area (Å²) in [6.07, 6.45) is 25.5. The number of carbonyl (C=O) groups excluding carboxylic acids is 1. The summed E-state index contributed by atoms with van der Waals surface area (Å²) < 4.78 is 10.7. The van der Waals surface area contributed by atoms with Gasteiger partial charge in [0.15, 0.2) is 5.78 Å². The number of rotatable bonds is 21. The molecule has 0 aromatic heterocycles. The van der Waals surface area contributed by atoms with E-state index in [1.54, 1.807) is 32.4 Å². The third-order valence-electron chi connectivity index (χ3n) is 7.15. The van der Waals surface area contributed by atoms with Crippen molar-refractivity contribution in [1.82, 2.24) is 0 Å². The quantitative estimate of drug-likeness (QED) is 0.0959. The van der Waals surface area contributed by atoms with Gasteiger partial charge in [-0.15, -0.1) is 0 Å². The highest BCUT2D eigenvalue weighted by Crippen LogP contribution is 2.29. The van der Waals surface area contributed by atoms with Gasteiger partial charge >= 0.3 is 0 Å². The molecule has 0 atom stereocenters. The Balaban J connectivity index is 1.56. The van der Waals surface area contributed by atoms with Gasteiger partial charge < -0.3 is 9.47 Å². The van der Waals surface area contributed by atoms with Crippen molar-refractivity contribution < 1.29 is 14.3 Å².